The first-order valence-electron chi connectivity index (χ1n) is 4.85. The fourth-order valence-corrected chi connectivity index (χ4v) is 1.27. The number of hydrogen-bond donors (Lipinski definition) is 1. The third-order valence-electron chi connectivity index (χ3n) is 2.04. The summed E-state index contributed by atoms with van der Waals surface area (Å²) in [6.07, 6.45) is 0.256. The smallest absolute Gasteiger partial charge is 0.303 e. The minimum absolute atomic E-state index is 0.00355. The van der Waals surface area contributed by atoms with Gasteiger partial charge in [0.05, 0.1) is 6.42 Å². The Kier molecular flexibility index (Phi) is 2.95. The molecule has 0 radical (unpaired) electrons. The van der Waals surface area contributed by atoms with E-state index in [2.05, 4.69) is 10.2 Å². The van der Waals surface area contributed by atoms with Gasteiger partial charge in [0.25, 0.3) is 0 Å². The molecule has 0 amide bonds. The van der Waals surface area contributed by atoms with Gasteiger partial charge < -0.3 is 9.52 Å². The molecule has 1 aromatic heterocycles. The zero-order valence-electron chi connectivity index (χ0n) is 8.46. The molecule has 1 heterocycles. The number of aryl methyl sites for hydroxylation is 1. The number of carboxylic acids is 1. The van der Waals surface area contributed by atoms with Gasteiger partial charge in [-0.05, 0) is 12.1 Å². The van der Waals surface area contributed by atoms with Crippen molar-refractivity contribution in [3.05, 3.63) is 36.2 Å². The standard InChI is InChI=1S/C11H10N2O3/c14-10(15)7-6-9-12-13-11(16-9)8-4-2-1-3-5-8/h1-5H,6-7H2,(H,14,15). The molecule has 0 bridgehead atoms. The van der Waals surface area contributed by atoms with Gasteiger partial charge in [-0.1, -0.05) is 18.2 Å². The van der Waals surface area contributed by atoms with Gasteiger partial charge in [0.2, 0.25) is 11.8 Å². The summed E-state index contributed by atoms with van der Waals surface area (Å²) in [4.78, 5) is 10.4. The van der Waals surface area contributed by atoms with Gasteiger partial charge in [0.1, 0.15) is 0 Å². The fraction of sp³-hybridized carbons (Fsp3) is 0.182. The number of aromatic nitrogens is 2. The van der Waals surface area contributed by atoms with E-state index >= 15 is 0 Å². The molecule has 2 rings (SSSR count). The zero-order valence-corrected chi connectivity index (χ0v) is 8.46. The highest BCUT2D eigenvalue weighted by molar-refractivity contribution is 5.66. The Morgan fingerprint density at radius 2 is 2.00 bits per heavy atom. The molecule has 5 heteroatoms. The molecule has 2 aromatic rings. The normalized spacial score (nSPS) is 10.2. The Morgan fingerprint density at radius 1 is 1.25 bits per heavy atom. The molecule has 0 saturated heterocycles. The SMILES string of the molecule is O=C(O)CCc1nnc(-c2ccccc2)o1. The van der Waals surface area contributed by atoms with Crippen LogP contribution in [0.1, 0.15) is 12.3 Å². The highest BCUT2D eigenvalue weighted by Gasteiger charge is 2.09. The van der Waals surface area contributed by atoms with Crippen LogP contribution in [0, 0.1) is 0 Å². The van der Waals surface area contributed by atoms with E-state index < -0.39 is 5.97 Å². The van der Waals surface area contributed by atoms with E-state index in [0.717, 1.165) is 5.56 Å². The third-order valence-corrected chi connectivity index (χ3v) is 2.04. The first-order valence-corrected chi connectivity index (χ1v) is 4.85. The van der Waals surface area contributed by atoms with E-state index in [-0.39, 0.29) is 12.8 Å². The van der Waals surface area contributed by atoms with Crippen LogP contribution in [0.15, 0.2) is 34.7 Å². The van der Waals surface area contributed by atoms with Crippen molar-refractivity contribution in [2.24, 2.45) is 0 Å². The number of carboxylic acid groups (broad SMARTS) is 1. The van der Waals surface area contributed by atoms with Gasteiger partial charge in [0.15, 0.2) is 0 Å². The van der Waals surface area contributed by atoms with Crippen LogP contribution in [0.5, 0.6) is 0 Å². The largest absolute Gasteiger partial charge is 0.481 e. The summed E-state index contributed by atoms with van der Waals surface area (Å²) in [5.41, 5.74) is 0.830. The molecule has 1 aromatic carbocycles. The lowest BCUT2D eigenvalue weighted by Gasteiger charge is -1.92. The van der Waals surface area contributed by atoms with E-state index in [1.807, 2.05) is 30.3 Å². The van der Waals surface area contributed by atoms with E-state index in [1.54, 1.807) is 0 Å². The van der Waals surface area contributed by atoms with Crippen molar-refractivity contribution >= 4 is 5.97 Å². The van der Waals surface area contributed by atoms with Gasteiger partial charge in [-0.25, -0.2) is 0 Å². The molecule has 5 nitrogen and oxygen atoms in total. The molecule has 1 N–H and O–H groups in total. The van der Waals surface area contributed by atoms with E-state index in [1.165, 1.54) is 0 Å². The highest BCUT2D eigenvalue weighted by atomic mass is 16.4. The lowest BCUT2D eigenvalue weighted by molar-refractivity contribution is -0.137. The van der Waals surface area contributed by atoms with Crippen LogP contribution in [0.3, 0.4) is 0 Å². The lowest BCUT2D eigenvalue weighted by Crippen LogP contribution is -1.97. The van der Waals surface area contributed by atoms with Gasteiger partial charge >= 0.3 is 5.97 Å². The number of hydrogen-bond acceptors (Lipinski definition) is 4. The Hall–Kier alpha value is -2.17. The van der Waals surface area contributed by atoms with Crippen LogP contribution in [0.2, 0.25) is 0 Å². The molecular formula is C11H10N2O3. The topological polar surface area (TPSA) is 76.2 Å². The maximum atomic E-state index is 10.4. The summed E-state index contributed by atoms with van der Waals surface area (Å²) < 4.78 is 5.33. The van der Waals surface area contributed by atoms with Crippen LogP contribution in [0.25, 0.3) is 11.5 Å². The summed E-state index contributed by atoms with van der Waals surface area (Å²) in [7, 11) is 0. The van der Waals surface area contributed by atoms with Crippen molar-refractivity contribution in [1.82, 2.24) is 10.2 Å². The minimum Gasteiger partial charge on any atom is -0.481 e. The highest BCUT2D eigenvalue weighted by Crippen LogP contribution is 2.17. The molecule has 0 saturated carbocycles. The summed E-state index contributed by atoms with van der Waals surface area (Å²) >= 11 is 0. The predicted octanol–water partition coefficient (Wildman–Crippen LogP) is 1.75. The molecule has 0 aliphatic rings. The Bertz CT molecular complexity index is 479. The van der Waals surface area contributed by atoms with E-state index in [0.29, 0.717) is 11.8 Å². The second kappa shape index (κ2) is 4.57. The Balaban J connectivity index is 2.11. The zero-order chi connectivity index (χ0) is 11.4. The van der Waals surface area contributed by atoms with Gasteiger partial charge in [0, 0.05) is 12.0 Å². The summed E-state index contributed by atoms with van der Waals surface area (Å²) in [6, 6.07) is 9.35. The maximum Gasteiger partial charge on any atom is 0.303 e. The molecule has 0 fully saturated rings. The van der Waals surface area contributed by atoms with Crippen molar-refractivity contribution in [2.45, 2.75) is 12.8 Å². The van der Waals surface area contributed by atoms with Crippen molar-refractivity contribution < 1.29 is 14.3 Å². The van der Waals surface area contributed by atoms with Gasteiger partial charge in [-0.15, -0.1) is 10.2 Å². The number of nitrogens with zero attached hydrogens (tertiary/aromatic N) is 2. The minimum atomic E-state index is -0.875. The van der Waals surface area contributed by atoms with Crippen LogP contribution in [-0.2, 0) is 11.2 Å². The number of benzene rings is 1. The molecular weight excluding hydrogens is 208 g/mol. The van der Waals surface area contributed by atoms with Crippen molar-refractivity contribution in [3.63, 3.8) is 0 Å². The lowest BCUT2D eigenvalue weighted by atomic mass is 10.2. The number of carbonyl (C=O) groups is 1. The van der Waals surface area contributed by atoms with Crippen molar-refractivity contribution in [1.29, 1.82) is 0 Å². The molecule has 16 heavy (non-hydrogen) atoms. The second-order valence-corrected chi connectivity index (χ2v) is 3.26. The van der Waals surface area contributed by atoms with Crippen LogP contribution in [0.4, 0.5) is 0 Å². The average molecular weight is 218 g/mol. The molecule has 0 aliphatic heterocycles. The second-order valence-electron chi connectivity index (χ2n) is 3.26. The molecule has 0 atom stereocenters. The Morgan fingerprint density at radius 3 is 2.69 bits per heavy atom. The Labute approximate surface area is 91.7 Å². The third kappa shape index (κ3) is 2.44. The summed E-state index contributed by atoms with van der Waals surface area (Å²) in [5, 5.41) is 16.1. The molecule has 82 valence electrons. The quantitative estimate of drug-likeness (QED) is 0.846. The maximum absolute atomic E-state index is 10.4. The molecule has 0 spiro atoms. The summed E-state index contributed by atoms with van der Waals surface area (Å²) in [6.45, 7) is 0. The fourth-order valence-electron chi connectivity index (χ4n) is 1.27. The first-order chi connectivity index (χ1) is 7.75. The average Bonchev–Trinajstić information content (AvgIpc) is 2.76. The van der Waals surface area contributed by atoms with Gasteiger partial charge in [-0.3, -0.25) is 4.79 Å². The summed E-state index contributed by atoms with van der Waals surface area (Å²) in [5.74, 6) is -0.110. The van der Waals surface area contributed by atoms with E-state index in [4.69, 9.17) is 9.52 Å². The van der Waals surface area contributed by atoms with Crippen LogP contribution >= 0.6 is 0 Å². The monoisotopic (exact) mass is 218 g/mol. The predicted molar refractivity (Wildman–Crippen MR) is 55.7 cm³/mol. The number of aliphatic carboxylic acids is 1. The van der Waals surface area contributed by atoms with Crippen LogP contribution in [-0.4, -0.2) is 21.3 Å². The first kappa shape index (κ1) is 10.4. The molecule has 0 aliphatic carbocycles. The number of rotatable bonds is 4. The van der Waals surface area contributed by atoms with Crippen molar-refractivity contribution in [2.75, 3.05) is 0 Å². The van der Waals surface area contributed by atoms with E-state index in [9.17, 15) is 4.79 Å². The van der Waals surface area contributed by atoms with Gasteiger partial charge in [-0.2, -0.15) is 0 Å². The molecule has 0 unspecified atom stereocenters. The van der Waals surface area contributed by atoms with Crippen LogP contribution < -0.4 is 0 Å². The van der Waals surface area contributed by atoms with Crippen molar-refractivity contribution in [3.8, 4) is 11.5 Å².